The van der Waals surface area contributed by atoms with Gasteiger partial charge >= 0.3 is 0 Å². The summed E-state index contributed by atoms with van der Waals surface area (Å²) in [6.45, 7) is 3.41. The summed E-state index contributed by atoms with van der Waals surface area (Å²) in [5.74, 6) is -1.56. The molecule has 2 fully saturated rings. The van der Waals surface area contributed by atoms with Gasteiger partial charge in [-0.2, -0.15) is 0 Å². The third-order valence-electron chi connectivity index (χ3n) is 4.08. The van der Waals surface area contributed by atoms with Gasteiger partial charge in [0, 0.05) is 44.3 Å². The van der Waals surface area contributed by atoms with Crippen molar-refractivity contribution in [3.05, 3.63) is 29.3 Å². The Kier molecular flexibility index (Phi) is 3.41. The molecule has 1 aliphatic heterocycles. The monoisotopic (exact) mass is 267 g/mol. The second-order valence-electron chi connectivity index (χ2n) is 5.33. The average molecular weight is 267 g/mol. The van der Waals surface area contributed by atoms with Gasteiger partial charge in [-0.1, -0.05) is 6.07 Å². The van der Waals surface area contributed by atoms with Crippen LogP contribution in [0, 0.1) is 11.6 Å². The smallest absolute Gasteiger partial charge is 0.182 e. The van der Waals surface area contributed by atoms with Crippen molar-refractivity contribution in [2.24, 2.45) is 5.73 Å². The molecule has 0 aromatic heterocycles. The van der Waals surface area contributed by atoms with E-state index in [0.717, 1.165) is 32.2 Å². The molecule has 2 N–H and O–H groups in total. The second kappa shape index (κ2) is 5.06. The Labute approximate surface area is 112 Å². The molecule has 3 rings (SSSR count). The number of nitrogens with zero attached hydrogens (tertiary/aromatic N) is 2. The van der Waals surface area contributed by atoms with Gasteiger partial charge in [0.2, 0.25) is 0 Å². The second-order valence-corrected chi connectivity index (χ2v) is 5.33. The number of hydrogen-bond donors (Lipinski definition) is 1. The molecule has 1 aromatic carbocycles. The van der Waals surface area contributed by atoms with Gasteiger partial charge in [-0.25, -0.2) is 8.78 Å². The van der Waals surface area contributed by atoms with Gasteiger partial charge < -0.3 is 10.6 Å². The number of nitrogens with two attached hydrogens (primary N) is 1. The summed E-state index contributed by atoms with van der Waals surface area (Å²) in [4.78, 5) is 4.37. The predicted octanol–water partition coefficient (Wildman–Crippen LogP) is 1.71. The Hall–Kier alpha value is -1.20. The van der Waals surface area contributed by atoms with Crippen LogP contribution in [0.5, 0.6) is 0 Å². The van der Waals surface area contributed by atoms with Crippen molar-refractivity contribution < 1.29 is 8.78 Å². The molecule has 1 aliphatic carbocycles. The molecule has 0 amide bonds. The molecule has 5 heteroatoms. The lowest BCUT2D eigenvalue weighted by Crippen LogP contribution is -2.47. The lowest BCUT2D eigenvalue weighted by atomic mass is 10.1. The Morgan fingerprint density at radius 3 is 2.32 bits per heavy atom. The van der Waals surface area contributed by atoms with E-state index in [2.05, 4.69) is 4.90 Å². The predicted molar refractivity (Wildman–Crippen MR) is 71.1 cm³/mol. The van der Waals surface area contributed by atoms with Crippen molar-refractivity contribution in [3.8, 4) is 0 Å². The Morgan fingerprint density at radius 2 is 1.74 bits per heavy atom. The normalized spacial score (nSPS) is 20.9. The summed E-state index contributed by atoms with van der Waals surface area (Å²) in [5.41, 5.74) is 5.98. The van der Waals surface area contributed by atoms with Crippen molar-refractivity contribution in [2.45, 2.75) is 25.4 Å². The van der Waals surface area contributed by atoms with E-state index in [-0.39, 0.29) is 12.1 Å². The van der Waals surface area contributed by atoms with Gasteiger partial charge in [-0.05, 0) is 18.9 Å². The summed E-state index contributed by atoms with van der Waals surface area (Å²) in [6, 6.07) is 3.97. The molecule has 1 saturated carbocycles. The lowest BCUT2D eigenvalue weighted by molar-refractivity contribution is 0.247. The first-order valence-electron chi connectivity index (χ1n) is 6.86. The van der Waals surface area contributed by atoms with E-state index < -0.39 is 11.6 Å². The van der Waals surface area contributed by atoms with E-state index in [1.165, 1.54) is 12.8 Å². The van der Waals surface area contributed by atoms with Crippen molar-refractivity contribution in [1.29, 1.82) is 0 Å². The summed E-state index contributed by atoms with van der Waals surface area (Å²) < 4.78 is 27.8. The minimum Gasteiger partial charge on any atom is -0.367 e. The van der Waals surface area contributed by atoms with Crippen LogP contribution in [0.3, 0.4) is 0 Å². The molecule has 2 aliphatic rings. The highest BCUT2D eigenvalue weighted by atomic mass is 19.2. The van der Waals surface area contributed by atoms with E-state index >= 15 is 0 Å². The molecule has 0 radical (unpaired) electrons. The standard InChI is InChI=1S/C14H19F2N3/c15-13-10(9-17)1-4-12(14(13)16)19-7-5-18(6-8-19)11-2-3-11/h1,4,11H,2-3,5-9,17H2. The Balaban J connectivity index is 1.74. The highest BCUT2D eigenvalue weighted by Gasteiger charge is 2.31. The first-order chi connectivity index (χ1) is 9.20. The largest absolute Gasteiger partial charge is 0.367 e. The molecule has 104 valence electrons. The number of halogens is 2. The van der Waals surface area contributed by atoms with Gasteiger partial charge in [-0.3, -0.25) is 4.90 Å². The van der Waals surface area contributed by atoms with Crippen molar-refractivity contribution in [3.63, 3.8) is 0 Å². The number of piperazine rings is 1. The topological polar surface area (TPSA) is 32.5 Å². The maximum absolute atomic E-state index is 14.0. The third kappa shape index (κ3) is 2.44. The van der Waals surface area contributed by atoms with Gasteiger partial charge in [0.05, 0.1) is 5.69 Å². The molecule has 0 atom stereocenters. The molecule has 1 heterocycles. The summed E-state index contributed by atoms with van der Waals surface area (Å²) in [5, 5.41) is 0. The van der Waals surface area contributed by atoms with E-state index in [4.69, 9.17) is 5.73 Å². The first-order valence-corrected chi connectivity index (χ1v) is 6.86. The summed E-state index contributed by atoms with van der Waals surface area (Å²) in [6.07, 6.45) is 2.57. The number of benzene rings is 1. The van der Waals surface area contributed by atoms with Gasteiger partial charge in [0.25, 0.3) is 0 Å². The SMILES string of the molecule is NCc1ccc(N2CCN(C3CC3)CC2)c(F)c1F. The number of hydrogen-bond acceptors (Lipinski definition) is 3. The van der Waals surface area contributed by atoms with Crippen LogP contribution in [0.4, 0.5) is 14.5 Å². The minimum atomic E-state index is -0.801. The van der Waals surface area contributed by atoms with Gasteiger partial charge in [0.15, 0.2) is 11.6 Å². The molecular formula is C14H19F2N3. The van der Waals surface area contributed by atoms with E-state index in [0.29, 0.717) is 5.69 Å². The summed E-state index contributed by atoms with van der Waals surface area (Å²) in [7, 11) is 0. The van der Waals surface area contributed by atoms with Crippen molar-refractivity contribution in [1.82, 2.24) is 4.90 Å². The maximum atomic E-state index is 14.0. The Morgan fingerprint density at radius 1 is 1.05 bits per heavy atom. The highest BCUT2D eigenvalue weighted by Crippen LogP contribution is 2.30. The van der Waals surface area contributed by atoms with Crippen LogP contribution >= 0.6 is 0 Å². The number of rotatable bonds is 3. The van der Waals surface area contributed by atoms with Gasteiger partial charge in [-0.15, -0.1) is 0 Å². The average Bonchev–Trinajstić information content (AvgIpc) is 3.27. The molecule has 0 spiro atoms. The third-order valence-corrected chi connectivity index (χ3v) is 4.08. The first kappa shape index (κ1) is 12.8. The zero-order valence-corrected chi connectivity index (χ0v) is 10.9. The van der Waals surface area contributed by atoms with Crippen LogP contribution in [-0.2, 0) is 6.54 Å². The van der Waals surface area contributed by atoms with E-state index in [1.54, 1.807) is 12.1 Å². The van der Waals surface area contributed by atoms with Crippen molar-refractivity contribution in [2.75, 3.05) is 31.1 Å². The molecule has 19 heavy (non-hydrogen) atoms. The fraction of sp³-hybridized carbons (Fsp3) is 0.571. The van der Waals surface area contributed by atoms with Crippen LogP contribution in [0.2, 0.25) is 0 Å². The zero-order valence-electron chi connectivity index (χ0n) is 10.9. The van der Waals surface area contributed by atoms with Gasteiger partial charge in [0.1, 0.15) is 0 Å². The quantitative estimate of drug-likeness (QED) is 0.905. The van der Waals surface area contributed by atoms with Crippen LogP contribution in [-0.4, -0.2) is 37.1 Å². The molecule has 1 saturated heterocycles. The van der Waals surface area contributed by atoms with Crippen LogP contribution in [0.25, 0.3) is 0 Å². The highest BCUT2D eigenvalue weighted by molar-refractivity contribution is 5.50. The van der Waals surface area contributed by atoms with E-state index in [9.17, 15) is 8.78 Å². The Bertz CT molecular complexity index is 466. The van der Waals surface area contributed by atoms with Crippen molar-refractivity contribution >= 4 is 5.69 Å². The molecule has 0 bridgehead atoms. The van der Waals surface area contributed by atoms with Crippen LogP contribution < -0.4 is 10.6 Å². The van der Waals surface area contributed by atoms with Crippen LogP contribution in [0.1, 0.15) is 18.4 Å². The summed E-state index contributed by atoms with van der Waals surface area (Å²) >= 11 is 0. The molecule has 3 nitrogen and oxygen atoms in total. The number of anilines is 1. The molecule has 0 unspecified atom stereocenters. The fourth-order valence-corrected chi connectivity index (χ4v) is 2.75. The lowest BCUT2D eigenvalue weighted by Gasteiger charge is -2.36. The maximum Gasteiger partial charge on any atom is 0.182 e. The minimum absolute atomic E-state index is 0.0263. The fourth-order valence-electron chi connectivity index (χ4n) is 2.75. The molecular weight excluding hydrogens is 248 g/mol. The van der Waals surface area contributed by atoms with E-state index in [1.807, 2.05) is 4.90 Å². The zero-order chi connectivity index (χ0) is 13.4. The molecule has 1 aromatic rings. The van der Waals surface area contributed by atoms with Crippen LogP contribution in [0.15, 0.2) is 12.1 Å².